The first-order chi connectivity index (χ1) is 16.6. The fraction of sp³-hybridized carbons (Fsp3) is 0.846. The Morgan fingerprint density at radius 3 is 2.39 bits per heavy atom. The topological polar surface area (TPSA) is 146 Å². The van der Waals surface area contributed by atoms with Crippen LogP contribution in [-0.2, 0) is 23.8 Å². The summed E-state index contributed by atoms with van der Waals surface area (Å²) in [5.41, 5.74) is 0.739. The Bertz CT molecular complexity index is 699. The molecule has 9 nitrogen and oxygen atoms in total. The molecule has 2 aliphatic heterocycles. The Morgan fingerprint density at radius 2 is 1.75 bits per heavy atom. The van der Waals surface area contributed by atoms with Crippen LogP contribution in [0.2, 0.25) is 0 Å². The molecule has 2 heterocycles. The standard InChI is InChI=1S/C26H44O9.Na/c1-16(13-23(30)33-11-9-7-5-4-6-8-10-22(28)29)12-20-25(32)26-19(15-34-20)14-21(35-26)24(31)17(2)18(3)27;/h13,17-21,24-27,31-32H,4-12,14-15H2,1-3H3,(H,28,29);/q;+1/p-1/b16-13+;/t17-,18+,19+,20?,21?,24+,25+,26+;/m1./s1. The number of aliphatic hydroxyl groups is 3. The van der Waals surface area contributed by atoms with Gasteiger partial charge in [-0.15, -0.1) is 0 Å². The molecule has 0 radical (unpaired) electrons. The molecule has 0 aromatic rings. The minimum absolute atomic E-state index is 0. The Kier molecular flexibility index (Phi) is 16.0. The van der Waals surface area contributed by atoms with E-state index in [-0.39, 0.29) is 47.8 Å². The van der Waals surface area contributed by atoms with Crippen LogP contribution in [0, 0.1) is 11.8 Å². The Hall–Kier alpha value is -0.520. The number of hydrogen-bond donors (Lipinski definition) is 3. The third kappa shape index (κ3) is 11.1. The van der Waals surface area contributed by atoms with Crippen molar-refractivity contribution >= 4 is 11.9 Å². The second kappa shape index (κ2) is 17.1. The van der Waals surface area contributed by atoms with Gasteiger partial charge in [0.05, 0.1) is 43.7 Å². The van der Waals surface area contributed by atoms with E-state index in [4.69, 9.17) is 14.2 Å². The number of rotatable bonds is 15. The van der Waals surface area contributed by atoms with Gasteiger partial charge in [-0.3, -0.25) is 0 Å². The zero-order valence-corrected chi connectivity index (χ0v) is 24.3. The molecule has 36 heavy (non-hydrogen) atoms. The smallest absolute Gasteiger partial charge is 0.550 e. The molecule has 0 bridgehead atoms. The van der Waals surface area contributed by atoms with Gasteiger partial charge in [0.25, 0.3) is 0 Å². The zero-order valence-electron chi connectivity index (χ0n) is 22.3. The number of carbonyl (C=O) groups is 2. The maximum Gasteiger partial charge on any atom is 1.00 e. The SMILES string of the molecule is C/C(=C\C(=O)OCCCCCCCCC(=O)[O-])CC1OC[C@@H]2CC([C@@H](O)[C@H](C)[C@H](C)O)O[C@@H]2[C@H]1O.[Na+]. The van der Waals surface area contributed by atoms with E-state index in [1.165, 1.54) is 6.08 Å². The molecule has 0 amide bonds. The molecule has 3 N–H and O–H groups in total. The molecule has 10 heteroatoms. The van der Waals surface area contributed by atoms with E-state index in [2.05, 4.69) is 0 Å². The van der Waals surface area contributed by atoms with Gasteiger partial charge in [0, 0.05) is 23.9 Å². The van der Waals surface area contributed by atoms with Crippen LogP contribution in [0.5, 0.6) is 0 Å². The summed E-state index contributed by atoms with van der Waals surface area (Å²) in [6.45, 7) is 5.94. The number of carbonyl (C=O) groups excluding carboxylic acids is 2. The number of ether oxygens (including phenoxy) is 3. The number of fused-ring (bicyclic) bond motifs is 1. The molecular weight excluding hydrogens is 479 g/mol. The van der Waals surface area contributed by atoms with Gasteiger partial charge in [0.1, 0.15) is 6.10 Å². The third-order valence-electron chi connectivity index (χ3n) is 7.16. The van der Waals surface area contributed by atoms with E-state index < -0.39 is 48.6 Å². The van der Waals surface area contributed by atoms with Crippen molar-refractivity contribution in [2.45, 2.75) is 115 Å². The fourth-order valence-electron chi connectivity index (χ4n) is 4.77. The van der Waals surface area contributed by atoms with Crippen LogP contribution in [0.4, 0.5) is 0 Å². The van der Waals surface area contributed by atoms with Gasteiger partial charge in [0.15, 0.2) is 0 Å². The summed E-state index contributed by atoms with van der Waals surface area (Å²) >= 11 is 0. The van der Waals surface area contributed by atoms with E-state index in [1.54, 1.807) is 20.8 Å². The van der Waals surface area contributed by atoms with E-state index in [9.17, 15) is 30.0 Å². The van der Waals surface area contributed by atoms with Gasteiger partial charge in [-0.05, 0) is 46.0 Å². The second-order valence-electron chi connectivity index (χ2n) is 10.2. The average Bonchev–Trinajstić information content (AvgIpc) is 3.23. The van der Waals surface area contributed by atoms with Gasteiger partial charge in [-0.25, -0.2) is 4.79 Å². The molecule has 2 aliphatic rings. The molecule has 0 spiro atoms. The molecule has 2 fully saturated rings. The van der Waals surface area contributed by atoms with Crippen molar-refractivity contribution in [3.8, 4) is 0 Å². The minimum atomic E-state index is -1.01. The number of hydrogen-bond acceptors (Lipinski definition) is 9. The summed E-state index contributed by atoms with van der Waals surface area (Å²) in [7, 11) is 0. The maximum atomic E-state index is 12.1. The summed E-state index contributed by atoms with van der Waals surface area (Å²) in [5, 5.41) is 41.4. The number of carboxylic acid groups (broad SMARTS) is 1. The molecular formula is C26H43NaO9. The number of esters is 1. The summed E-state index contributed by atoms with van der Waals surface area (Å²) in [5.74, 6) is -1.79. The normalized spacial score (nSPS) is 28.5. The molecule has 2 rings (SSSR count). The molecule has 2 saturated heterocycles. The van der Waals surface area contributed by atoms with Crippen LogP contribution in [0.3, 0.4) is 0 Å². The third-order valence-corrected chi connectivity index (χ3v) is 7.16. The maximum absolute atomic E-state index is 12.1. The van der Waals surface area contributed by atoms with Crippen molar-refractivity contribution in [1.29, 1.82) is 0 Å². The average molecular weight is 523 g/mol. The van der Waals surface area contributed by atoms with Gasteiger partial charge < -0.3 is 39.4 Å². The Balaban J connectivity index is 0.00000648. The van der Waals surface area contributed by atoms with Gasteiger partial charge in [0.2, 0.25) is 0 Å². The van der Waals surface area contributed by atoms with E-state index in [0.717, 1.165) is 37.7 Å². The van der Waals surface area contributed by atoms with Gasteiger partial charge in [-0.2, -0.15) is 0 Å². The van der Waals surface area contributed by atoms with Crippen molar-refractivity contribution in [2.24, 2.45) is 11.8 Å². The first kappa shape index (κ1) is 33.5. The van der Waals surface area contributed by atoms with Crippen LogP contribution in [-0.4, -0.2) is 77.1 Å². The van der Waals surface area contributed by atoms with E-state index in [1.807, 2.05) is 0 Å². The van der Waals surface area contributed by atoms with E-state index >= 15 is 0 Å². The number of carboxylic acids is 1. The second-order valence-corrected chi connectivity index (χ2v) is 10.2. The Morgan fingerprint density at radius 1 is 1.11 bits per heavy atom. The molecule has 0 aliphatic carbocycles. The number of aliphatic carboxylic acids is 1. The summed E-state index contributed by atoms with van der Waals surface area (Å²) in [4.78, 5) is 22.5. The fourth-order valence-corrected chi connectivity index (χ4v) is 4.77. The summed E-state index contributed by atoms with van der Waals surface area (Å²) in [6, 6.07) is 0. The molecule has 0 saturated carbocycles. The molecule has 2 unspecified atom stereocenters. The van der Waals surface area contributed by atoms with Crippen LogP contribution in [0.25, 0.3) is 0 Å². The predicted octanol–water partition coefficient (Wildman–Crippen LogP) is -1.74. The quantitative estimate of drug-likeness (QED) is 0.0988. The van der Waals surface area contributed by atoms with Crippen LogP contribution in [0.1, 0.15) is 78.6 Å². The van der Waals surface area contributed by atoms with Crippen LogP contribution >= 0.6 is 0 Å². The molecule has 8 atom stereocenters. The van der Waals surface area contributed by atoms with Gasteiger partial charge >= 0.3 is 35.5 Å². The van der Waals surface area contributed by atoms with Gasteiger partial charge in [-0.1, -0.05) is 38.2 Å². The molecule has 0 aromatic heterocycles. The largest absolute Gasteiger partial charge is 1.00 e. The summed E-state index contributed by atoms with van der Waals surface area (Å²) in [6.07, 6.45) is 3.77. The van der Waals surface area contributed by atoms with Crippen molar-refractivity contribution in [3.63, 3.8) is 0 Å². The first-order valence-corrected chi connectivity index (χ1v) is 12.9. The first-order valence-electron chi connectivity index (χ1n) is 12.9. The molecule has 0 aromatic carbocycles. The van der Waals surface area contributed by atoms with Crippen molar-refractivity contribution < 1.29 is 73.8 Å². The van der Waals surface area contributed by atoms with Crippen LogP contribution < -0.4 is 34.7 Å². The van der Waals surface area contributed by atoms with Crippen molar-refractivity contribution in [2.75, 3.05) is 13.2 Å². The minimum Gasteiger partial charge on any atom is -0.550 e. The van der Waals surface area contributed by atoms with Crippen LogP contribution in [0.15, 0.2) is 11.6 Å². The monoisotopic (exact) mass is 522 g/mol. The number of unbranched alkanes of at least 4 members (excludes halogenated alkanes) is 5. The molecule has 202 valence electrons. The predicted molar refractivity (Wildman–Crippen MR) is 126 cm³/mol. The Labute approximate surface area is 236 Å². The van der Waals surface area contributed by atoms with Crippen molar-refractivity contribution in [3.05, 3.63) is 11.6 Å². The van der Waals surface area contributed by atoms with E-state index in [0.29, 0.717) is 32.5 Å². The summed E-state index contributed by atoms with van der Waals surface area (Å²) < 4.78 is 17.1. The zero-order chi connectivity index (χ0) is 26.0. The number of aliphatic hydroxyl groups excluding tert-OH is 3. The van der Waals surface area contributed by atoms with Crippen molar-refractivity contribution in [1.82, 2.24) is 0 Å².